The molecule has 6 nitrogen and oxygen atoms in total. The third kappa shape index (κ3) is 5.35. The number of alkyl halides is 1. The maximum absolute atomic E-state index is 11.8. The average Bonchev–Trinajstić information content (AvgIpc) is 2.44. The zero-order chi connectivity index (χ0) is 15.8. The summed E-state index contributed by atoms with van der Waals surface area (Å²) in [5, 5.41) is 10.7. The van der Waals surface area contributed by atoms with E-state index < -0.39 is 16.7 Å². The predicted octanol–water partition coefficient (Wildman–Crippen LogP) is 2.74. The molecule has 0 N–H and O–H groups in total. The molecule has 0 atom stereocenters. The second-order valence-electron chi connectivity index (χ2n) is 4.14. The molecule has 0 radical (unpaired) electrons. The Labute approximate surface area is 126 Å². The summed E-state index contributed by atoms with van der Waals surface area (Å²) < 4.78 is 4.91. The van der Waals surface area contributed by atoms with Crippen LogP contribution in [-0.4, -0.2) is 29.2 Å². The van der Waals surface area contributed by atoms with Crippen molar-refractivity contribution in [3.8, 4) is 0 Å². The van der Waals surface area contributed by atoms with Crippen LogP contribution in [0, 0.1) is 10.1 Å². The lowest BCUT2D eigenvalue weighted by Gasteiger charge is -2.05. The second kappa shape index (κ2) is 8.16. The Balaban J connectivity index is 2.99. The van der Waals surface area contributed by atoms with Crippen molar-refractivity contribution in [3.63, 3.8) is 0 Å². The molecule has 0 saturated carbocycles. The number of nitro benzene ring substituents is 1. The monoisotopic (exact) mass is 311 g/mol. The molecule has 0 heterocycles. The van der Waals surface area contributed by atoms with E-state index in [-0.39, 0.29) is 17.9 Å². The molecule has 0 spiro atoms. The maximum Gasteiger partial charge on any atom is 0.341 e. The number of halogens is 1. The summed E-state index contributed by atoms with van der Waals surface area (Å²) in [4.78, 5) is 33.4. The van der Waals surface area contributed by atoms with Gasteiger partial charge in [0.25, 0.3) is 5.69 Å². The third-order valence-electron chi connectivity index (χ3n) is 2.50. The Hall–Kier alpha value is -2.21. The fraction of sp³-hybridized carbons (Fsp3) is 0.286. The summed E-state index contributed by atoms with van der Waals surface area (Å²) in [6.45, 7) is 1.34. The van der Waals surface area contributed by atoms with Gasteiger partial charge in [0.05, 0.1) is 11.5 Å². The molecule has 1 rings (SSSR count). The van der Waals surface area contributed by atoms with Crippen molar-refractivity contribution < 1.29 is 19.2 Å². The van der Waals surface area contributed by atoms with E-state index >= 15 is 0 Å². The lowest BCUT2D eigenvalue weighted by Crippen LogP contribution is -2.14. The Morgan fingerprint density at radius 2 is 2.14 bits per heavy atom. The van der Waals surface area contributed by atoms with E-state index in [2.05, 4.69) is 0 Å². The molecule has 7 heteroatoms. The van der Waals surface area contributed by atoms with E-state index in [0.717, 1.165) is 0 Å². The minimum Gasteiger partial charge on any atom is -0.462 e. The lowest BCUT2D eigenvalue weighted by atomic mass is 10.1. The Kier molecular flexibility index (Phi) is 6.55. The number of carbonyl (C=O) groups is 2. The van der Waals surface area contributed by atoms with Gasteiger partial charge in [0.1, 0.15) is 5.57 Å². The zero-order valence-electron chi connectivity index (χ0n) is 11.4. The quantitative estimate of drug-likeness (QED) is 0.113. The van der Waals surface area contributed by atoms with Crippen LogP contribution in [0.2, 0.25) is 0 Å². The third-order valence-corrected chi connectivity index (χ3v) is 2.77. The van der Waals surface area contributed by atoms with Gasteiger partial charge in [0, 0.05) is 18.0 Å². The fourth-order valence-corrected chi connectivity index (χ4v) is 1.61. The first-order valence-corrected chi connectivity index (χ1v) is 6.69. The van der Waals surface area contributed by atoms with Gasteiger partial charge in [-0.25, -0.2) is 4.79 Å². The van der Waals surface area contributed by atoms with Gasteiger partial charge in [-0.05, 0) is 25.0 Å². The van der Waals surface area contributed by atoms with Crippen LogP contribution < -0.4 is 0 Å². The van der Waals surface area contributed by atoms with E-state index in [1.165, 1.54) is 31.2 Å². The molecule has 0 aliphatic carbocycles. The highest BCUT2D eigenvalue weighted by Gasteiger charge is 2.16. The van der Waals surface area contributed by atoms with E-state index in [4.69, 9.17) is 16.3 Å². The van der Waals surface area contributed by atoms with Crippen LogP contribution in [0.5, 0.6) is 0 Å². The Bertz CT molecular complexity index is 582. The van der Waals surface area contributed by atoms with E-state index in [1.807, 2.05) is 0 Å². The first-order valence-electron chi connectivity index (χ1n) is 6.16. The van der Waals surface area contributed by atoms with Crippen molar-refractivity contribution in [2.24, 2.45) is 0 Å². The Morgan fingerprint density at radius 1 is 1.43 bits per heavy atom. The number of carbonyl (C=O) groups excluding carboxylic acids is 2. The number of hydrogen-bond acceptors (Lipinski definition) is 5. The van der Waals surface area contributed by atoms with Gasteiger partial charge >= 0.3 is 5.97 Å². The smallest absolute Gasteiger partial charge is 0.341 e. The van der Waals surface area contributed by atoms with Crippen LogP contribution in [0.15, 0.2) is 29.8 Å². The molecular formula is C14H14ClNO5. The first kappa shape index (κ1) is 16.8. The summed E-state index contributed by atoms with van der Waals surface area (Å²) in [6, 6.07) is 5.63. The van der Waals surface area contributed by atoms with E-state index in [9.17, 15) is 19.7 Å². The average molecular weight is 312 g/mol. The van der Waals surface area contributed by atoms with Gasteiger partial charge in [-0.2, -0.15) is 0 Å². The Morgan fingerprint density at radius 3 is 2.71 bits per heavy atom. The van der Waals surface area contributed by atoms with Crippen molar-refractivity contribution >= 4 is 35.1 Å². The normalized spacial score (nSPS) is 11.0. The number of benzene rings is 1. The molecule has 0 aliphatic rings. The number of rotatable bonds is 7. The van der Waals surface area contributed by atoms with Crippen molar-refractivity contribution in [3.05, 3.63) is 45.5 Å². The van der Waals surface area contributed by atoms with E-state index in [1.54, 1.807) is 6.07 Å². The summed E-state index contributed by atoms with van der Waals surface area (Å²) >= 11 is 5.47. The van der Waals surface area contributed by atoms with Crippen molar-refractivity contribution in [2.75, 3.05) is 12.5 Å². The minimum absolute atomic E-state index is 0.113. The number of ketones is 1. The molecule has 0 aromatic heterocycles. The fourth-order valence-electron chi connectivity index (χ4n) is 1.50. The largest absolute Gasteiger partial charge is 0.462 e. The van der Waals surface area contributed by atoms with Gasteiger partial charge in [0.15, 0.2) is 5.78 Å². The van der Waals surface area contributed by atoms with Crippen LogP contribution in [-0.2, 0) is 14.3 Å². The summed E-state index contributed by atoms with van der Waals surface area (Å²) in [5.41, 5.74) is 0.0934. The molecule has 0 fully saturated rings. The summed E-state index contributed by atoms with van der Waals surface area (Å²) in [7, 11) is 0. The molecule has 21 heavy (non-hydrogen) atoms. The van der Waals surface area contributed by atoms with Crippen LogP contribution in [0.25, 0.3) is 6.08 Å². The van der Waals surface area contributed by atoms with Crippen molar-refractivity contribution in [1.82, 2.24) is 0 Å². The number of nitrogens with zero attached hydrogens (tertiary/aromatic N) is 1. The topological polar surface area (TPSA) is 86.5 Å². The standard InChI is InChI=1S/C14H14ClNO5/c1-10(17)13(14(18)21-7-3-6-15)9-11-4-2-5-12(8-11)16(19)20/h2,4-5,8-9H,3,6-7H2,1H3. The molecule has 0 aliphatic heterocycles. The number of Topliss-reactive ketones (excluding diaryl/α,β-unsaturated/α-hetero) is 1. The molecule has 112 valence electrons. The van der Waals surface area contributed by atoms with Crippen molar-refractivity contribution in [1.29, 1.82) is 0 Å². The van der Waals surface area contributed by atoms with Gasteiger partial charge in [-0.3, -0.25) is 14.9 Å². The zero-order valence-corrected chi connectivity index (χ0v) is 12.1. The minimum atomic E-state index is -0.765. The van der Waals surface area contributed by atoms with Crippen LogP contribution >= 0.6 is 11.6 Å². The van der Waals surface area contributed by atoms with Gasteiger partial charge in [0.2, 0.25) is 0 Å². The highest BCUT2D eigenvalue weighted by molar-refractivity contribution is 6.20. The molecule has 0 amide bonds. The molecule has 1 aromatic carbocycles. The molecule has 1 aromatic rings. The van der Waals surface area contributed by atoms with Crippen LogP contribution in [0.1, 0.15) is 18.9 Å². The molecule has 0 saturated heterocycles. The van der Waals surface area contributed by atoms with Crippen molar-refractivity contribution in [2.45, 2.75) is 13.3 Å². The number of nitro groups is 1. The highest BCUT2D eigenvalue weighted by atomic mass is 35.5. The number of ether oxygens (including phenoxy) is 1. The van der Waals surface area contributed by atoms with E-state index in [0.29, 0.717) is 17.9 Å². The maximum atomic E-state index is 11.8. The van der Waals surface area contributed by atoms with Gasteiger partial charge in [-0.15, -0.1) is 11.6 Å². The molecule has 0 unspecified atom stereocenters. The number of esters is 1. The number of hydrogen-bond donors (Lipinski definition) is 0. The molecule has 0 bridgehead atoms. The van der Waals surface area contributed by atoms with Crippen LogP contribution in [0.3, 0.4) is 0 Å². The predicted molar refractivity (Wildman–Crippen MR) is 78.1 cm³/mol. The van der Waals surface area contributed by atoms with Gasteiger partial charge in [-0.1, -0.05) is 12.1 Å². The summed E-state index contributed by atoms with van der Waals surface area (Å²) in [5.74, 6) is -0.895. The SMILES string of the molecule is CC(=O)C(=Cc1cccc([N+](=O)[O-])c1)C(=O)OCCCCl. The lowest BCUT2D eigenvalue weighted by molar-refractivity contribution is -0.384. The van der Waals surface area contributed by atoms with Crippen LogP contribution in [0.4, 0.5) is 5.69 Å². The summed E-state index contributed by atoms with van der Waals surface area (Å²) in [6.07, 6.45) is 1.76. The first-order chi connectivity index (χ1) is 9.95. The number of non-ortho nitro benzene ring substituents is 1. The molecular weight excluding hydrogens is 298 g/mol. The highest BCUT2D eigenvalue weighted by Crippen LogP contribution is 2.16. The van der Waals surface area contributed by atoms with Gasteiger partial charge < -0.3 is 4.74 Å². The second-order valence-corrected chi connectivity index (χ2v) is 4.52.